The number of halogens is 7. The van der Waals surface area contributed by atoms with Crippen molar-refractivity contribution >= 4 is 15.9 Å². The van der Waals surface area contributed by atoms with Crippen LogP contribution in [0.1, 0.15) is 0 Å². The van der Waals surface area contributed by atoms with E-state index < -0.39 is 34.0 Å². The van der Waals surface area contributed by atoms with Gasteiger partial charge in [0.05, 0.1) is 6.26 Å². The van der Waals surface area contributed by atoms with Gasteiger partial charge in [0.25, 0.3) is 5.91 Å². The molecule has 0 aromatic carbocycles. The molecule has 0 aromatic heterocycles. The normalized spacial score (nSPS) is 14.6. The molecule has 0 radical (unpaired) electrons. The predicted octanol–water partition coefficient (Wildman–Crippen LogP) is 0.895. The molecular formula is C5H4F7NO3S. The number of carbonyl (C=O) groups excluding carboxylic acids is 1. The van der Waals surface area contributed by atoms with Gasteiger partial charge in [-0.2, -0.15) is 26.3 Å². The van der Waals surface area contributed by atoms with Crippen LogP contribution in [-0.4, -0.2) is 38.6 Å². The van der Waals surface area contributed by atoms with Crippen LogP contribution in [0, 0.1) is 0 Å². The quantitative estimate of drug-likeness (QED) is 0.769. The van der Waals surface area contributed by atoms with E-state index in [4.69, 9.17) is 0 Å². The Balaban J connectivity index is 5.62. The molecule has 0 aliphatic heterocycles. The van der Waals surface area contributed by atoms with Crippen molar-refractivity contribution < 1.29 is 43.9 Å². The maximum Gasteiger partial charge on any atom is 0.441 e. The summed E-state index contributed by atoms with van der Waals surface area (Å²) in [6.45, 7) is 0. The lowest BCUT2D eigenvalue weighted by molar-refractivity contribution is -0.325. The van der Waals surface area contributed by atoms with E-state index in [2.05, 4.69) is 0 Å². The zero-order valence-electron chi connectivity index (χ0n) is 7.78. The highest BCUT2D eigenvalue weighted by Crippen LogP contribution is 2.46. The molecule has 0 fully saturated rings. The number of carbonyl (C=O) groups is 1. The van der Waals surface area contributed by atoms with E-state index in [9.17, 15) is 43.9 Å². The smallest absolute Gasteiger partial charge is 0.269 e. The molecule has 0 aliphatic carbocycles. The number of sulfonamides is 1. The third-order valence-electron chi connectivity index (χ3n) is 1.37. The molecule has 0 aliphatic rings. The third kappa shape index (κ3) is 3.20. The Labute approximate surface area is 89.8 Å². The van der Waals surface area contributed by atoms with E-state index in [1.54, 1.807) is 0 Å². The SMILES string of the molecule is CS(=O)(=O)NC(=O)C(F)(C(F)(F)F)C(F)(F)F. The molecule has 0 unspecified atom stereocenters. The van der Waals surface area contributed by atoms with Gasteiger partial charge in [-0.05, 0) is 0 Å². The van der Waals surface area contributed by atoms with Crippen molar-refractivity contribution in [1.29, 1.82) is 0 Å². The van der Waals surface area contributed by atoms with Gasteiger partial charge in [0.1, 0.15) is 0 Å². The van der Waals surface area contributed by atoms with Crippen molar-refractivity contribution in [3.8, 4) is 0 Å². The molecule has 4 nitrogen and oxygen atoms in total. The highest BCUT2D eigenvalue weighted by atomic mass is 32.2. The lowest BCUT2D eigenvalue weighted by Gasteiger charge is -2.27. The van der Waals surface area contributed by atoms with Crippen molar-refractivity contribution in [3.05, 3.63) is 0 Å². The number of rotatable bonds is 2. The molecule has 1 N–H and O–H groups in total. The van der Waals surface area contributed by atoms with Gasteiger partial charge < -0.3 is 0 Å². The fraction of sp³-hybridized carbons (Fsp3) is 0.800. The van der Waals surface area contributed by atoms with Gasteiger partial charge in [0.2, 0.25) is 10.0 Å². The van der Waals surface area contributed by atoms with E-state index in [0.29, 0.717) is 4.72 Å². The van der Waals surface area contributed by atoms with E-state index in [1.807, 2.05) is 0 Å². The summed E-state index contributed by atoms with van der Waals surface area (Å²) in [5, 5.41) is 0. The summed E-state index contributed by atoms with van der Waals surface area (Å²) in [5.41, 5.74) is -6.29. The zero-order valence-corrected chi connectivity index (χ0v) is 8.60. The first-order valence-electron chi connectivity index (χ1n) is 3.47. The number of alkyl halides is 7. The second kappa shape index (κ2) is 3.99. The Morgan fingerprint density at radius 2 is 1.24 bits per heavy atom. The van der Waals surface area contributed by atoms with E-state index in [1.165, 1.54) is 0 Å². The summed E-state index contributed by atoms with van der Waals surface area (Å²) in [7, 11) is -4.77. The van der Waals surface area contributed by atoms with Crippen molar-refractivity contribution in [2.24, 2.45) is 0 Å². The Bertz CT molecular complexity index is 394. The first-order valence-corrected chi connectivity index (χ1v) is 5.36. The van der Waals surface area contributed by atoms with Gasteiger partial charge in [-0.3, -0.25) is 4.79 Å². The standard InChI is InChI=1S/C5H4F7NO3S/c1-17(15,16)13-2(14)3(6,4(7,8)9)5(10,11)12/h1H3,(H,13,14). The first-order chi connectivity index (χ1) is 7.13. The van der Waals surface area contributed by atoms with Crippen LogP contribution in [-0.2, 0) is 14.8 Å². The van der Waals surface area contributed by atoms with Crippen molar-refractivity contribution in [3.63, 3.8) is 0 Å². The molecule has 12 heteroatoms. The van der Waals surface area contributed by atoms with Crippen LogP contribution in [0.4, 0.5) is 30.7 Å². The number of nitrogens with one attached hydrogen (secondary N) is 1. The molecule has 0 atom stereocenters. The molecule has 102 valence electrons. The largest absolute Gasteiger partial charge is 0.441 e. The van der Waals surface area contributed by atoms with Gasteiger partial charge in [0.15, 0.2) is 0 Å². The average molecular weight is 291 g/mol. The molecule has 0 saturated heterocycles. The third-order valence-corrected chi connectivity index (χ3v) is 1.93. The Hall–Kier alpha value is -1.07. The molecule has 0 rings (SSSR count). The topological polar surface area (TPSA) is 63.2 Å². The maximum atomic E-state index is 12.8. The van der Waals surface area contributed by atoms with Crippen LogP contribution in [0.3, 0.4) is 0 Å². The van der Waals surface area contributed by atoms with Crippen LogP contribution in [0.25, 0.3) is 0 Å². The Morgan fingerprint density at radius 1 is 0.941 bits per heavy atom. The van der Waals surface area contributed by atoms with Crippen LogP contribution in [0.5, 0.6) is 0 Å². The second-order valence-corrected chi connectivity index (χ2v) is 4.61. The minimum atomic E-state index is -6.64. The molecule has 0 saturated carbocycles. The number of hydrogen-bond donors (Lipinski definition) is 1. The highest BCUT2D eigenvalue weighted by Gasteiger charge is 2.77. The van der Waals surface area contributed by atoms with Crippen LogP contribution in [0.2, 0.25) is 0 Å². The molecule has 17 heavy (non-hydrogen) atoms. The molecule has 0 aromatic rings. The van der Waals surface area contributed by atoms with E-state index >= 15 is 0 Å². The summed E-state index contributed by atoms with van der Waals surface area (Å²) in [6, 6.07) is 0. The van der Waals surface area contributed by atoms with E-state index in [-0.39, 0.29) is 6.26 Å². The molecule has 1 amide bonds. The van der Waals surface area contributed by atoms with Gasteiger partial charge in [-0.25, -0.2) is 17.5 Å². The van der Waals surface area contributed by atoms with Gasteiger partial charge >= 0.3 is 18.0 Å². The summed E-state index contributed by atoms with van der Waals surface area (Å²) in [5.74, 6) is -3.36. The molecular weight excluding hydrogens is 287 g/mol. The van der Waals surface area contributed by atoms with Gasteiger partial charge in [0, 0.05) is 0 Å². The zero-order chi connectivity index (χ0) is 14.3. The minimum Gasteiger partial charge on any atom is -0.269 e. The lowest BCUT2D eigenvalue weighted by atomic mass is 10.1. The number of amides is 1. The van der Waals surface area contributed by atoms with Crippen LogP contribution >= 0.6 is 0 Å². The second-order valence-electron chi connectivity index (χ2n) is 2.86. The first kappa shape index (κ1) is 15.9. The molecule has 0 bridgehead atoms. The van der Waals surface area contributed by atoms with Gasteiger partial charge in [-0.15, -0.1) is 0 Å². The summed E-state index contributed by atoms with van der Waals surface area (Å²) in [6.07, 6.45) is -13.2. The monoisotopic (exact) mass is 291 g/mol. The van der Waals surface area contributed by atoms with Crippen molar-refractivity contribution in [1.82, 2.24) is 4.72 Å². The highest BCUT2D eigenvalue weighted by molar-refractivity contribution is 7.89. The van der Waals surface area contributed by atoms with Crippen molar-refractivity contribution in [2.75, 3.05) is 6.26 Å². The maximum absolute atomic E-state index is 12.8. The van der Waals surface area contributed by atoms with Crippen LogP contribution < -0.4 is 4.72 Å². The molecule has 0 spiro atoms. The van der Waals surface area contributed by atoms with E-state index in [0.717, 1.165) is 0 Å². The summed E-state index contributed by atoms with van der Waals surface area (Å²) >= 11 is 0. The fourth-order valence-corrected chi connectivity index (χ4v) is 1.13. The van der Waals surface area contributed by atoms with Crippen molar-refractivity contribution in [2.45, 2.75) is 18.0 Å². The Morgan fingerprint density at radius 3 is 1.41 bits per heavy atom. The number of hydrogen-bond acceptors (Lipinski definition) is 3. The Kier molecular flexibility index (Phi) is 3.74. The average Bonchev–Trinajstić information content (AvgIpc) is 1.94. The molecule has 0 heterocycles. The van der Waals surface area contributed by atoms with Crippen LogP contribution in [0.15, 0.2) is 0 Å². The predicted molar refractivity (Wildman–Crippen MR) is 38.9 cm³/mol. The minimum absolute atomic E-state index is 0.0953. The fourth-order valence-electron chi connectivity index (χ4n) is 0.657. The lowest BCUT2D eigenvalue weighted by Crippen LogP contribution is -2.63. The summed E-state index contributed by atoms with van der Waals surface area (Å²) in [4.78, 5) is 10.5. The summed E-state index contributed by atoms with van der Waals surface area (Å²) < 4.78 is 105. The van der Waals surface area contributed by atoms with Gasteiger partial charge in [-0.1, -0.05) is 0 Å².